The summed E-state index contributed by atoms with van der Waals surface area (Å²) in [6, 6.07) is 8.68. The van der Waals surface area contributed by atoms with Crippen LogP contribution in [-0.4, -0.2) is 25.8 Å². The van der Waals surface area contributed by atoms with Crippen molar-refractivity contribution in [3.63, 3.8) is 0 Å². The van der Waals surface area contributed by atoms with Crippen LogP contribution in [0.15, 0.2) is 24.3 Å². The SMILES string of the molecule is COC1(C)CCCN(c2ccc([C@@H](C)N)cc2)C1. The van der Waals surface area contributed by atoms with Gasteiger partial charge in [0.25, 0.3) is 0 Å². The van der Waals surface area contributed by atoms with Crippen molar-refractivity contribution in [1.29, 1.82) is 0 Å². The molecule has 100 valence electrons. The number of ether oxygens (including phenoxy) is 1. The monoisotopic (exact) mass is 248 g/mol. The quantitative estimate of drug-likeness (QED) is 0.894. The minimum atomic E-state index is -0.0158. The molecule has 18 heavy (non-hydrogen) atoms. The third-order valence-corrected chi connectivity index (χ3v) is 3.94. The predicted octanol–water partition coefficient (Wildman–Crippen LogP) is 2.71. The van der Waals surface area contributed by atoms with Gasteiger partial charge in [-0.3, -0.25) is 0 Å². The van der Waals surface area contributed by atoms with E-state index in [1.165, 1.54) is 17.7 Å². The van der Waals surface area contributed by atoms with Gasteiger partial charge in [-0.1, -0.05) is 12.1 Å². The molecule has 0 bridgehead atoms. The minimum Gasteiger partial charge on any atom is -0.377 e. The molecule has 3 heteroatoms. The Morgan fingerprint density at radius 2 is 2.00 bits per heavy atom. The van der Waals surface area contributed by atoms with Crippen molar-refractivity contribution < 1.29 is 4.74 Å². The molecule has 3 nitrogen and oxygen atoms in total. The molecule has 2 N–H and O–H groups in total. The second kappa shape index (κ2) is 5.29. The first kappa shape index (κ1) is 13.4. The van der Waals surface area contributed by atoms with E-state index in [2.05, 4.69) is 36.1 Å². The van der Waals surface area contributed by atoms with Gasteiger partial charge in [-0.2, -0.15) is 0 Å². The van der Waals surface area contributed by atoms with Crippen molar-refractivity contribution in [3.05, 3.63) is 29.8 Å². The first-order valence-corrected chi connectivity index (χ1v) is 6.70. The lowest BCUT2D eigenvalue weighted by atomic mass is 9.94. The molecular formula is C15H24N2O. The van der Waals surface area contributed by atoms with Gasteiger partial charge in [0, 0.05) is 31.9 Å². The number of methoxy groups -OCH3 is 1. The first-order valence-electron chi connectivity index (χ1n) is 6.70. The summed E-state index contributed by atoms with van der Waals surface area (Å²) in [5.74, 6) is 0. The standard InChI is InChI=1S/C15H24N2O/c1-12(16)13-5-7-14(8-6-13)17-10-4-9-15(2,11-17)18-3/h5-8,12H,4,9-11,16H2,1-3H3/t12-,15?/m1/s1. The van der Waals surface area contributed by atoms with Gasteiger partial charge in [-0.15, -0.1) is 0 Å². The molecule has 0 amide bonds. The highest BCUT2D eigenvalue weighted by Crippen LogP contribution is 2.28. The van der Waals surface area contributed by atoms with Gasteiger partial charge >= 0.3 is 0 Å². The van der Waals surface area contributed by atoms with Gasteiger partial charge in [0.05, 0.1) is 5.60 Å². The molecule has 0 saturated carbocycles. The Balaban J connectivity index is 2.11. The van der Waals surface area contributed by atoms with Gasteiger partial charge in [-0.05, 0) is 44.4 Å². The van der Waals surface area contributed by atoms with Gasteiger partial charge < -0.3 is 15.4 Å². The van der Waals surface area contributed by atoms with Gasteiger partial charge in [0.15, 0.2) is 0 Å². The summed E-state index contributed by atoms with van der Waals surface area (Å²) in [5, 5.41) is 0. The topological polar surface area (TPSA) is 38.5 Å². The Morgan fingerprint density at radius 1 is 1.33 bits per heavy atom. The van der Waals surface area contributed by atoms with E-state index in [0.29, 0.717) is 0 Å². The maximum atomic E-state index is 5.87. The predicted molar refractivity (Wildman–Crippen MR) is 75.9 cm³/mol. The van der Waals surface area contributed by atoms with Crippen molar-refractivity contribution in [2.24, 2.45) is 5.73 Å². The molecule has 0 aromatic heterocycles. The molecule has 2 atom stereocenters. The van der Waals surface area contributed by atoms with E-state index in [0.717, 1.165) is 19.5 Å². The molecule has 0 aliphatic carbocycles. The Morgan fingerprint density at radius 3 is 2.56 bits per heavy atom. The Labute approximate surface area is 110 Å². The first-order chi connectivity index (χ1) is 8.54. The van der Waals surface area contributed by atoms with Crippen LogP contribution in [0.2, 0.25) is 0 Å². The molecule has 2 rings (SSSR count). The van der Waals surface area contributed by atoms with Crippen LogP contribution in [-0.2, 0) is 4.74 Å². The summed E-state index contributed by atoms with van der Waals surface area (Å²) in [6.07, 6.45) is 2.32. The maximum Gasteiger partial charge on any atom is 0.0825 e. The zero-order valence-electron chi connectivity index (χ0n) is 11.6. The van der Waals surface area contributed by atoms with Gasteiger partial charge in [0.2, 0.25) is 0 Å². The summed E-state index contributed by atoms with van der Waals surface area (Å²) in [5.41, 5.74) is 8.31. The van der Waals surface area contributed by atoms with E-state index in [1.54, 1.807) is 0 Å². The van der Waals surface area contributed by atoms with Crippen molar-refractivity contribution in [1.82, 2.24) is 0 Å². The average Bonchev–Trinajstić information content (AvgIpc) is 2.39. The van der Waals surface area contributed by atoms with Gasteiger partial charge in [-0.25, -0.2) is 0 Å². The number of piperidine rings is 1. The lowest BCUT2D eigenvalue weighted by molar-refractivity contribution is -0.00465. The third-order valence-electron chi connectivity index (χ3n) is 3.94. The molecule has 1 aromatic carbocycles. The van der Waals surface area contributed by atoms with Crippen molar-refractivity contribution in [2.75, 3.05) is 25.1 Å². The molecule has 1 aromatic rings. The maximum absolute atomic E-state index is 5.87. The van der Waals surface area contributed by atoms with Crippen LogP contribution in [0.25, 0.3) is 0 Å². The van der Waals surface area contributed by atoms with E-state index in [4.69, 9.17) is 10.5 Å². The highest BCUT2D eigenvalue weighted by Gasteiger charge is 2.30. The van der Waals surface area contributed by atoms with E-state index >= 15 is 0 Å². The minimum absolute atomic E-state index is 0.0158. The molecule has 1 aliphatic heterocycles. The lowest BCUT2D eigenvalue weighted by Crippen LogP contribution is -2.47. The summed E-state index contributed by atoms with van der Waals surface area (Å²) in [4.78, 5) is 2.40. The third kappa shape index (κ3) is 2.85. The van der Waals surface area contributed by atoms with Crippen LogP contribution in [0.3, 0.4) is 0 Å². The zero-order chi connectivity index (χ0) is 13.2. The number of nitrogens with two attached hydrogens (primary N) is 1. The molecular weight excluding hydrogens is 224 g/mol. The van der Waals surface area contributed by atoms with Crippen molar-refractivity contribution in [2.45, 2.75) is 38.3 Å². The normalized spacial score (nSPS) is 26.1. The van der Waals surface area contributed by atoms with Crippen molar-refractivity contribution in [3.8, 4) is 0 Å². The van der Waals surface area contributed by atoms with E-state index < -0.39 is 0 Å². The highest BCUT2D eigenvalue weighted by atomic mass is 16.5. The number of rotatable bonds is 3. The zero-order valence-corrected chi connectivity index (χ0v) is 11.6. The van der Waals surface area contributed by atoms with Crippen LogP contribution in [0.4, 0.5) is 5.69 Å². The number of benzene rings is 1. The summed E-state index contributed by atoms with van der Waals surface area (Å²) in [7, 11) is 1.81. The van der Waals surface area contributed by atoms with Gasteiger partial charge in [0.1, 0.15) is 0 Å². The molecule has 1 aliphatic rings. The van der Waals surface area contributed by atoms with Crippen LogP contribution >= 0.6 is 0 Å². The van der Waals surface area contributed by atoms with Crippen LogP contribution in [0.5, 0.6) is 0 Å². The fourth-order valence-electron chi connectivity index (χ4n) is 2.58. The van der Waals surface area contributed by atoms with E-state index in [1.807, 2.05) is 14.0 Å². The largest absolute Gasteiger partial charge is 0.377 e. The number of nitrogens with zero attached hydrogens (tertiary/aromatic N) is 1. The fourth-order valence-corrected chi connectivity index (χ4v) is 2.58. The molecule has 1 fully saturated rings. The lowest BCUT2D eigenvalue weighted by Gasteiger charge is -2.40. The molecule has 1 saturated heterocycles. The smallest absolute Gasteiger partial charge is 0.0825 e. The molecule has 0 radical (unpaired) electrons. The molecule has 1 unspecified atom stereocenters. The fraction of sp³-hybridized carbons (Fsp3) is 0.600. The average molecular weight is 248 g/mol. The summed E-state index contributed by atoms with van der Waals surface area (Å²) < 4.78 is 5.63. The summed E-state index contributed by atoms with van der Waals surface area (Å²) >= 11 is 0. The van der Waals surface area contributed by atoms with Crippen LogP contribution < -0.4 is 10.6 Å². The number of anilines is 1. The van der Waals surface area contributed by atoms with Crippen LogP contribution in [0, 0.1) is 0 Å². The Kier molecular flexibility index (Phi) is 3.93. The molecule has 1 heterocycles. The number of hydrogen-bond donors (Lipinski definition) is 1. The van der Waals surface area contributed by atoms with E-state index in [-0.39, 0.29) is 11.6 Å². The van der Waals surface area contributed by atoms with Crippen molar-refractivity contribution >= 4 is 5.69 Å². The highest BCUT2D eigenvalue weighted by molar-refractivity contribution is 5.48. The van der Waals surface area contributed by atoms with Crippen LogP contribution in [0.1, 0.15) is 38.3 Å². The van der Waals surface area contributed by atoms with E-state index in [9.17, 15) is 0 Å². The second-order valence-electron chi connectivity index (χ2n) is 5.56. The molecule has 0 spiro atoms. The Bertz CT molecular complexity index is 388. The Hall–Kier alpha value is -1.06. The summed E-state index contributed by atoms with van der Waals surface area (Å²) in [6.45, 7) is 6.27. The second-order valence-corrected chi connectivity index (χ2v) is 5.56. The number of hydrogen-bond acceptors (Lipinski definition) is 3.